The van der Waals surface area contributed by atoms with Crippen molar-refractivity contribution in [3.8, 4) is 5.75 Å². The molecule has 2 rings (SSSR count). The molecule has 0 saturated heterocycles. The fourth-order valence-electron chi connectivity index (χ4n) is 2.82. The maximum atomic E-state index is 12.7. The fourth-order valence-corrected chi connectivity index (χ4v) is 4.00. The van der Waals surface area contributed by atoms with Crippen molar-refractivity contribution in [2.75, 3.05) is 12.9 Å². The predicted molar refractivity (Wildman–Crippen MR) is 105 cm³/mol. The Morgan fingerprint density at radius 3 is 2.58 bits per heavy atom. The van der Waals surface area contributed by atoms with Gasteiger partial charge in [0.1, 0.15) is 5.75 Å². The van der Waals surface area contributed by atoms with Crippen LogP contribution in [0.15, 0.2) is 23.1 Å². The number of ether oxygens (including phenoxy) is 1. The lowest BCUT2D eigenvalue weighted by Gasteiger charge is -2.23. The lowest BCUT2D eigenvalue weighted by atomic mass is 10.0. The van der Waals surface area contributed by atoms with E-state index in [1.165, 1.54) is 19.3 Å². The molecule has 26 heavy (non-hydrogen) atoms. The molecule has 0 spiro atoms. The van der Waals surface area contributed by atoms with Crippen molar-refractivity contribution in [2.45, 2.75) is 69.5 Å². The number of fused-ring (bicyclic) bond motifs is 1. The molecule has 0 bridgehead atoms. The van der Waals surface area contributed by atoms with Gasteiger partial charge in [-0.1, -0.05) is 46.0 Å². The molecule has 0 saturated carbocycles. The quantitative estimate of drug-likeness (QED) is 0.361. The van der Waals surface area contributed by atoms with Crippen molar-refractivity contribution in [3.05, 3.63) is 23.8 Å². The van der Waals surface area contributed by atoms with Gasteiger partial charge in [-0.25, -0.2) is 4.18 Å². The number of rotatable bonds is 12. The Hall–Kier alpha value is -0.890. The summed E-state index contributed by atoms with van der Waals surface area (Å²) in [6.45, 7) is 4.29. The minimum atomic E-state index is -2.03. The molecule has 146 valence electrons. The van der Waals surface area contributed by atoms with Crippen molar-refractivity contribution in [1.29, 1.82) is 0 Å². The van der Waals surface area contributed by atoms with Crippen molar-refractivity contribution >= 4 is 28.9 Å². The molecular formula is C19H28O5S2. The third kappa shape index (κ3) is 5.31. The average molecular weight is 401 g/mol. The molecule has 0 N–H and O–H groups in total. The second-order valence-electron chi connectivity index (χ2n) is 6.28. The van der Waals surface area contributed by atoms with Gasteiger partial charge in [0, 0.05) is 11.3 Å². The summed E-state index contributed by atoms with van der Waals surface area (Å²) in [4.78, 5) is 13.7. The Morgan fingerprint density at radius 1 is 1.15 bits per heavy atom. The lowest BCUT2D eigenvalue weighted by molar-refractivity contribution is -0.0697. The standard InChI is InChI=1S/C19H28O5S2/c1-4-6-7-8-9-10-13-22-26(21)24-19(5-2)18(20)16-12-11-15(25-3)14-17(16)23-19/h11-12,14H,4-10,13H2,1-3H3. The molecule has 0 amide bonds. The van der Waals surface area contributed by atoms with E-state index in [9.17, 15) is 9.00 Å². The molecule has 1 heterocycles. The van der Waals surface area contributed by atoms with Gasteiger partial charge in [0.25, 0.3) is 5.79 Å². The molecule has 0 aliphatic carbocycles. The maximum Gasteiger partial charge on any atom is 0.308 e. The topological polar surface area (TPSA) is 61.8 Å². The molecule has 5 nitrogen and oxygen atoms in total. The van der Waals surface area contributed by atoms with Gasteiger partial charge in [-0.05, 0) is 30.9 Å². The molecule has 1 aliphatic rings. The Kier molecular flexibility index (Phi) is 8.60. The highest BCUT2D eigenvalue weighted by atomic mass is 32.2. The van der Waals surface area contributed by atoms with Crippen LogP contribution in [0.4, 0.5) is 0 Å². The van der Waals surface area contributed by atoms with Gasteiger partial charge in [-0.2, -0.15) is 4.21 Å². The number of hydrogen-bond acceptors (Lipinski definition) is 6. The Labute approximate surface area is 163 Å². The monoisotopic (exact) mass is 400 g/mol. The smallest absolute Gasteiger partial charge is 0.308 e. The van der Waals surface area contributed by atoms with Gasteiger partial charge < -0.3 is 4.74 Å². The van der Waals surface area contributed by atoms with Gasteiger partial charge in [-0.15, -0.1) is 11.8 Å². The van der Waals surface area contributed by atoms with Crippen molar-refractivity contribution in [3.63, 3.8) is 0 Å². The van der Waals surface area contributed by atoms with Crippen LogP contribution in [0.25, 0.3) is 0 Å². The number of ketones is 1. The number of unbranched alkanes of at least 4 members (excludes halogenated alkanes) is 5. The van der Waals surface area contributed by atoms with E-state index in [1.807, 2.05) is 12.3 Å². The molecular weight excluding hydrogens is 372 g/mol. The second kappa shape index (κ2) is 10.4. The van der Waals surface area contributed by atoms with Gasteiger partial charge >= 0.3 is 11.4 Å². The number of carbonyl (C=O) groups is 1. The summed E-state index contributed by atoms with van der Waals surface area (Å²) in [6.07, 6.45) is 8.88. The third-order valence-corrected chi connectivity index (χ3v) is 5.89. The van der Waals surface area contributed by atoms with Crippen LogP contribution in [-0.4, -0.2) is 28.6 Å². The molecule has 1 aliphatic heterocycles. The summed E-state index contributed by atoms with van der Waals surface area (Å²) < 4.78 is 28.6. The normalized spacial score (nSPS) is 20.0. The molecule has 1 aromatic rings. The predicted octanol–water partition coefficient (Wildman–Crippen LogP) is 5.06. The highest BCUT2D eigenvalue weighted by Gasteiger charge is 2.50. The average Bonchev–Trinajstić information content (AvgIpc) is 2.92. The number of benzene rings is 1. The van der Waals surface area contributed by atoms with E-state index in [0.29, 0.717) is 17.9 Å². The van der Waals surface area contributed by atoms with E-state index < -0.39 is 17.1 Å². The highest BCUT2D eigenvalue weighted by Crippen LogP contribution is 2.40. The zero-order valence-corrected chi connectivity index (χ0v) is 17.4. The summed E-state index contributed by atoms with van der Waals surface area (Å²) in [6, 6.07) is 5.39. The van der Waals surface area contributed by atoms with Crippen LogP contribution < -0.4 is 4.74 Å². The van der Waals surface area contributed by atoms with E-state index in [0.717, 1.165) is 24.2 Å². The first-order valence-corrected chi connectivity index (χ1v) is 11.4. The molecule has 2 unspecified atom stereocenters. The molecule has 1 aromatic carbocycles. The first-order chi connectivity index (χ1) is 12.6. The number of Topliss-reactive ketones (excluding diaryl/α,β-unsaturated/α-hetero) is 1. The SMILES string of the molecule is CCCCCCCCOS(=O)OC1(CC)Oc2cc(SC)ccc2C1=O. The van der Waals surface area contributed by atoms with E-state index in [-0.39, 0.29) is 12.2 Å². The highest BCUT2D eigenvalue weighted by molar-refractivity contribution is 7.98. The molecule has 0 aromatic heterocycles. The van der Waals surface area contributed by atoms with Crippen molar-refractivity contribution in [1.82, 2.24) is 0 Å². The Balaban J connectivity index is 1.86. The minimum Gasteiger partial charge on any atom is -0.453 e. The fraction of sp³-hybridized carbons (Fsp3) is 0.632. The largest absolute Gasteiger partial charge is 0.453 e. The van der Waals surface area contributed by atoms with Gasteiger partial charge in [0.15, 0.2) is 0 Å². The van der Waals surface area contributed by atoms with Crippen molar-refractivity contribution in [2.24, 2.45) is 0 Å². The zero-order chi connectivity index (χ0) is 19.0. The van der Waals surface area contributed by atoms with Gasteiger partial charge in [-0.3, -0.25) is 8.98 Å². The Bertz CT molecular complexity index is 634. The Morgan fingerprint density at radius 2 is 1.88 bits per heavy atom. The zero-order valence-electron chi connectivity index (χ0n) is 15.7. The summed E-state index contributed by atoms with van der Waals surface area (Å²) in [7, 11) is 0. The van der Waals surface area contributed by atoms with E-state index in [1.54, 1.807) is 30.8 Å². The molecule has 7 heteroatoms. The summed E-state index contributed by atoms with van der Waals surface area (Å²) in [5, 5.41) is 0. The van der Waals surface area contributed by atoms with Crippen LogP contribution in [0, 0.1) is 0 Å². The van der Waals surface area contributed by atoms with Gasteiger partial charge in [0.2, 0.25) is 5.78 Å². The van der Waals surface area contributed by atoms with Crippen LogP contribution in [-0.2, 0) is 19.7 Å². The van der Waals surface area contributed by atoms with Gasteiger partial charge in [0.05, 0.1) is 12.2 Å². The first-order valence-electron chi connectivity index (χ1n) is 9.22. The lowest BCUT2D eigenvalue weighted by Crippen LogP contribution is -2.43. The number of thioether (sulfide) groups is 1. The molecule has 0 fully saturated rings. The number of hydrogen-bond donors (Lipinski definition) is 0. The summed E-state index contributed by atoms with van der Waals surface area (Å²) in [5.74, 6) is -1.40. The molecule has 0 radical (unpaired) electrons. The van der Waals surface area contributed by atoms with Crippen LogP contribution >= 0.6 is 11.8 Å². The summed E-state index contributed by atoms with van der Waals surface area (Å²) >= 11 is -0.464. The second-order valence-corrected chi connectivity index (χ2v) is 7.97. The van der Waals surface area contributed by atoms with Crippen LogP contribution in [0.1, 0.15) is 69.2 Å². The van der Waals surface area contributed by atoms with Crippen LogP contribution in [0.2, 0.25) is 0 Å². The summed E-state index contributed by atoms with van der Waals surface area (Å²) in [5.41, 5.74) is 0.456. The first kappa shape index (κ1) is 21.4. The minimum absolute atomic E-state index is 0.251. The third-order valence-electron chi connectivity index (χ3n) is 4.40. The van der Waals surface area contributed by atoms with Crippen LogP contribution in [0.5, 0.6) is 5.75 Å². The molecule has 2 atom stereocenters. The van der Waals surface area contributed by atoms with E-state index >= 15 is 0 Å². The maximum absolute atomic E-state index is 12.7. The van der Waals surface area contributed by atoms with E-state index in [2.05, 4.69) is 6.92 Å². The van der Waals surface area contributed by atoms with E-state index in [4.69, 9.17) is 13.1 Å². The van der Waals surface area contributed by atoms with Crippen LogP contribution in [0.3, 0.4) is 0 Å². The van der Waals surface area contributed by atoms with Crippen molar-refractivity contribution < 1.29 is 22.1 Å². The number of carbonyl (C=O) groups excluding carboxylic acids is 1.